The highest BCUT2D eigenvalue weighted by molar-refractivity contribution is 5.98. The average Bonchev–Trinajstić information content (AvgIpc) is 2.97. The van der Waals surface area contributed by atoms with Crippen molar-refractivity contribution in [1.29, 1.82) is 0 Å². The van der Waals surface area contributed by atoms with Crippen molar-refractivity contribution in [2.45, 2.75) is 19.9 Å². The highest BCUT2D eigenvalue weighted by atomic mass is 16.2. The van der Waals surface area contributed by atoms with Gasteiger partial charge in [-0.1, -0.05) is 18.2 Å². The van der Waals surface area contributed by atoms with Crippen molar-refractivity contribution in [2.75, 3.05) is 6.54 Å². The van der Waals surface area contributed by atoms with Crippen LogP contribution in [0.1, 0.15) is 24.2 Å². The zero-order chi connectivity index (χ0) is 14.5. The van der Waals surface area contributed by atoms with Crippen LogP contribution in [0.3, 0.4) is 0 Å². The molecule has 0 aliphatic carbocycles. The highest BCUT2D eigenvalue weighted by Crippen LogP contribution is 2.16. The molecule has 0 N–H and O–H groups in total. The van der Waals surface area contributed by atoms with Crippen LogP contribution < -0.4 is 0 Å². The number of rotatable bonds is 5. The van der Waals surface area contributed by atoms with Crippen molar-refractivity contribution < 1.29 is 4.79 Å². The predicted molar refractivity (Wildman–Crippen MR) is 77.7 cm³/mol. The number of hydrogen-bond acceptors (Lipinski definition) is 3. The normalized spacial score (nSPS) is 10.6. The summed E-state index contributed by atoms with van der Waals surface area (Å²) < 4.78 is 1.60. The van der Waals surface area contributed by atoms with Gasteiger partial charge in [-0.15, -0.1) is 6.58 Å². The molecule has 0 bridgehead atoms. The third-order valence-electron chi connectivity index (χ3n) is 3.01. The smallest absolute Gasteiger partial charge is 0.256 e. The van der Waals surface area contributed by atoms with Crippen molar-refractivity contribution in [3.63, 3.8) is 0 Å². The van der Waals surface area contributed by atoms with E-state index in [0.29, 0.717) is 12.1 Å². The maximum absolute atomic E-state index is 12.7. The summed E-state index contributed by atoms with van der Waals surface area (Å²) in [6.07, 6.45) is 4.76. The number of para-hydroxylation sites is 1. The maximum atomic E-state index is 12.7. The first-order valence-electron chi connectivity index (χ1n) is 6.51. The van der Waals surface area contributed by atoms with Gasteiger partial charge in [-0.25, -0.2) is 9.67 Å². The summed E-state index contributed by atoms with van der Waals surface area (Å²) in [6.45, 7) is 8.20. The zero-order valence-corrected chi connectivity index (χ0v) is 11.7. The predicted octanol–water partition coefficient (Wildman–Crippen LogP) is 2.30. The maximum Gasteiger partial charge on any atom is 0.256 e. The average molecular weight is 270 g/mol. The topological polar surface area (TPSA) is 51.0 Å². The Morgan fingerprint density at radius 3 is 2.80 bits per heavy atom. The minimum atomic E-state index is -0.0361. The molecule has 1 aromatic heterocycles. The standard InChI is InChI=1S/C15H18N4O/c1-4-9-18(12(2)3)15(20)13-7-5-6-8-14(13)19-11-16-10-17-19/h4-8,10-12H,1,9H2,2-3H3. The molecule has 0 saturated carbocycles. The molecule has 0 fully saturated rings. The first-order valence-corrected chi connectivity index (χ1v) is 6.51. The molecule has 0 atom stereocenters. The lowest BCUT2D eigenvalue weighted by molar-refractivity contribution is 0.0728. The molecule has 0 aliphatic rings. The van der Waals surface area contributed by atoms with E-state index in [-0.39, 0.29) is 11.9 Å². The van der Waals surface area contributed by atoms with Crippen molar-refractivity contribution >= 4 is 5.91 Å². The van der Waals surface area contributed by atoms with E-state index in [0.717, 1.165) is 5.69 Å². The third kappa shape index (κ3) is 2.77. The summed E-state index contributed by atoms with van der Waals surface area (Å²) in [5.74, 6) is -0.0361. The van der Waals surface area contributed by atoms with Crippen LogP contribution in [0.2, 0.25) is 0 Å². The van der Waals surface area contributed by atoms with Gasteiger partial charge < -0.3 is 4.90 Å². The van der Waals surface area contributed by atoms with E-state index < -0.39 is 0 Å². The van der Waals surface area contributed by atoms with Crippen LogP contribution in [-0.2, 0) is 0 Å². The molecule has 104 valence electrons. The van der Waals surface area contributed by atoms with Gasteiger partial charge in [-0.05, 0) is 26.0 Å². The molecule has 0 radical (unpaired) electrons. The van der Waals surface area contributed by atoms with Gasteiger partial charge in [0.15, 0.2) is 0 Å². The molecule has 2 rings (SSSR count). The molecular formula is C15H18N4O. The lowest BCUT2D eigenvalue weighted by Gasteiger charge is -2.26. The molecule has 0 aliphatic heterocycles. The number of aromatic nitrogens is 3. The van der Waals surface area contributed by atoms with E-state index >= 15 is 0 Å². The van der Waals surface area contributed by atoms with Gasteiger partial charge in [0.05, 0.1) is 11.3 Å². The van der Waals surface area contributed by atoms with Crippen molar-refractivity contribution in [3.8, 4) is 5.69 Å². The summed E-state index contributed by atoms with van der Waals surface area (Å²) >= 11 is 0. The highest BCUT2D eigenvalue weighted by Gasteiger charge is 2.20. The van der Waals surface area contributed by atoms with Crippen LogP contribution in [-0.4, -0.2) is 38.2 Å². The molecule has 0 spiro atoms. The molecule has 1 amide bonds. The quantitative estimate of drug-likeness (QED) is 0.783. The van der Waals surface area contributed by atoms with Crippen molar-refractivity contribution in [3.05, 3.63) is 55.1 Å². The second-order valence-corrected chi connectivity index (χ2v) is 4.70. The number of carbonyl (C=O) groups is 1. The van der Waals surface area contributed by atoms with E-state index in [9.17, 15) is 4.79 Å². The SMILES string of the molecule is C=CCN(C(=O)c1ccccc1-n1cncn1)C(C)C. The lowest BCUT2D eigenvalue weighted by atomic mass is 10.1. The number of hydrogen-bond donors (Lipinski definition) is 0. The summed E-state index contributed by atoms with van der Waals surface area (Å²) in [4.78, 5) is 18.4. The molecule has 0 saturated heterocycles. The Morgan fingerprint density at radius 1 is 1.45 bits per heavy atom. The summed E-state index contributed by atoms with van der Waals surface area (Å²) in [6, 6.07) is 7.48. The number of nitrogens with zero attached hydrogens (tertiary/aromatic N) is 4. The first-order chi connectivity index (χ1) is 9.65. The second-order valence-electron chi connectivity index (χ2n) is 4.70. The van der Waals surface area contributed by atoms with Crippen LogP contribution in [0.15, 0.2) is 49.6 Å². The third-order valence-corrected chi connectivity index (χ3v) is 3.01. The fraction of sp³-hybridized carbons (Fsp3) is 0.267. The zero-order valence-electron chi connectivity index (χ0n) is 11.7. The van der Waals surface area contributed by atoms with E-state index in [2.05, 4.69) is 16.7 Å². The van der Waals surface area contributed by atoms with E-state index in [1.54, 1.807) is 28.1 Å². The van der Waals surface area contributed by atoms with Gasteiger partial charge in [0.2, 0.25) is 0 Å². The molecular weight excluding hydrogens is 252 g/mol. The number of benzene rings is 1. The number of amides is 1. The summed E-state index contributed by atoms with van der Waals surface area (Å²) in [5, 5.41) is 4.09. The monoisotopic (exact) mass is 270 g/mol. The lowest BCUT2D eigenvalue weighted by Crippen LogP contribution is -2.37. The molecule has 5 heteroatoms. The van der Waals surface area contributed by atoms with Gasteiger partial charge in [-0.3, -0.25) is 4.79 Å². The largest absolute Gasteiger partial charge is 0.332 e. The van der Waals surface area contributed by atoms with E-state index in [1.165, 1.54) is 6.33 Å². The van der Waals surface area contributed by atoms with E-state index in [4.69, 9.17) is 0 Å². The molecule has 0 unspecified atom stereocenters. The van der Waals surface area contributed by atoms with Gasteiger partial charge in [0, 0.05) is 12.6 Å². The van der Waals surface area contributed by atoms with Gasteiger partial charge in [0.25, 0.3) is 5.91 Å². The van der Waals surface area contributed by atoms with Gasteiger partial charge >= 0.3 is 0 Å². The number of carbonyl (C=O) groups excluding carboxylic acids is 1. The van der Waals surface area contributed by atoms with Crippen LogP contribution in [0.5, 0.6) is 0 Å². The summed E-state index contributed by atoms with van der Waals surface area (Å²) in [5.41, 5.74) is 1.33. The van der Waals surface area contributed by atoms with Crippen LogP contribution in [0.4, 0.5) is 0 Å². The van der Waals surface area contributed by atoms with Gasteiger partial charge in [0.1, 0.15) is 12.7 Å². The summed E-state index contributed by atoms with van der Waals surface area (Å²) in [7, 11) is 0. The molecule has 1 heterocycles. The second kappa shape index (κ2) is 6.14. The Labute approximate surface area is 118 Å². The van der Waals surface area contributed by atoms with Crippen LogP contribution in [0.25, 0.3) is 5.69 Å². The minimum Gasteiger partial charge on any atom is -0.332 e. The van der Waals surface area contributed by atoms with Crippen molar-refractivity contribution in [2.24, 2.45) is 0 Å². The first kappa shape index (κ1) is 14.0. The fourth-order valence-electron chi connectivity index (χ4n) is 2.01. The van der Waals surface area contributed by atoms with E-state index in [1.807, 2.05) is 32.0 Å². The minimum absolute atomic E-state index is 0.0361. The molecule has 1 aromatic carbocycles. The molecule has 5 nitrogen and oxygen atoms in total. The van der Waals surface area contributed by atoms with Crippen LogP contribution >= 0.6 is 0 Å². The Balaban J connectivity index is 2.42. The van der Waals surface area contributed by atoms with Crippen molar-refractivity contribution in [1.82, 2.24) is 19.7 Å². The Kier molecular flexibility index (Phi) is 4.30. The Bertz CT molecular complexity index is 590. The Hall–Kier alpha value is -2.43. The van der Waals surface area contributed by atoms with Crippen LogP contribution in [0, 0.1) is 0 Å². The molecule has 2 aromatic rings. The van der Waals surface area contributed by atoms with Gasteiger partial charge in [-0.2, -0.15) is 5.10 Å². The fourth-order valence-corrected chi connectivity index (χ4v) is 2.01. The Morgan fingerprint density at radius 2 is 2.20 bits per heavy atom. The molecule has 20 heavy (non-hydrogen) atoms.